The number of benzene rings is 1. The van der Waals surface area contributed by atoms with E-state index in [0.29, 0.717) is 0 Å². The van der Waals surface area contributed by atoms with Crippen LogP contribution in [0.3, 0.4) is 0 Å². The largest absolute Gasteiger partial charge is 0.494 e. The summed E-state index contributed by atoms with van der Waals surface area (Å²) in [4.78, 5) is 0. The molecule has 106 valence electrons. The van der Waals surface area contributed by atoms with Crippen LogP contribution in [0.15, 0.2) is 22.7 Å². The van der Waals surface area contributed by atoms with Crippen molar-refractivity contribution in [3.63, 3.8) is 0 Å². The summed E-state index contributed by atoms with van der Waals surface area (Å²) in [6, 6.07) is 6.93. The minimum absolute atomic E-state index is 0.727. The second-order valence-electron chi connectivity index (χ2n) is 4.96. The first-order chi connectivity index (χ1) is 9.29. The number of ether oxygens (including phenoxy) is 2. The monoisotopic (exact) mass is 327 g/mol. The Morgan fingerprint density at radius 3 is 2.79 bits per heavy atom. The zero-order valence-corrected chi connectivity index (χ0v) is 13.0. The standard InChI is InChI=1S/C15H22BrNO2/c1-18-8-2-3-9-19-14-6-7-15(16)12(10-14)11-17-13-4-5-13/h6-7,10,13,17H,2-5,8-9,11H2,1H3. The number of rotatable bonds is 9. The molecule has 0 bridgehead atoms. The lowest BCUT2D eigenvalue weighted by molar-refractivity contribution is 0.184. The van der Waals surface area contributed by atoms with Crippen molar-refractivity contribution >= 4 is 15.9 Å². The van der Waals surface area contributed by atoms with Crippen molar-refractivity contribution in [3.8, 4) is 5.75 Å². The van der Waals surface area contributed by atoms with Crippen LogP contribution in [-0.4, -0.2) is 26.4 Å². The molecule has 0 spiro atoms. The highest BCUT2D eigenvalue weighted by Crippen LogP contribution is 2.25. The van der Waals surface area contributed by atoms with E-state index in [1.165, 1.54) is 18.4 Å². The Bertz CT molecular complexity index is 394. The van der Waals surface area contributed by atoms with E-state index in [9.17, 15) is 0 Å². The summed E-state index contributed by atoms with van der Waals surface area (Å²) >= 11 is 3.59. The zero-order valence-electron chi connectivity index (χ0n) is 11.5. The summed E-state index contributed by atoms with van der Waals surface area (Å²) in [6.07, 6.45) is 4.70. The van der Waals surface area contributed by atoms with Crippen molar-refractivity contribution in [2.45, 2.75) is 38.3 Å². The van der Waals surface area contributed by atoms with E-state index in [2.05, 4.69) is 33.4 Å². The third-order valence-electron chi connectivity index (χ3n) is 3.19. The smallest absolute Gasteiger partial charge is 0.119 e. The molecule has 0 radical (unpaired) electrons. The van der Waals surface area contributed by atoms with Gasteiger partial charge in [-0.3, -0.25) is 0 Å². The molecule has 2 rings (SSSR count). The van der Waals surface area contributed by atoms with Crippen LogP contribution < -0.4 is 10.1 Å². The maximum Gasteiger partial charge on any atom is 0.119 e. The lowest BCUT2D eigenvalue weighted by atomic mass is 10.2. The maximum absolute atomic E-state index is 5.77. The van der Waals surface area contributed by atoms with Crippen LogP contribution in [0.25, 0.3) is 0 Å². The van der Waals surface area contributed by atoms with Crippen molar-refractivity contribution in [2.75, 3.05) is 20.3 Å². The van der Waals surface area contributed by atoms with Gasteiger partial charge in [-0.25, -0.2) is 0 Å². The molecule has 0 unspecified atom stereocenters. The fourth-order valence-electron chi connectivity index (χ4n) is 1.86. The molecule has 0 aromatic heterocycles. The highest BCUT2D eigenvalue weighted by atomic mass is 79.9. The summed E-state index contributed by atoms with van der Waals surface area (Å²) in [6.45, 7) is 2.47. The Morgan fingerprint density at radius 2 is 2.05 bits per heavy atom. The van der Waals surface area contributed by atoms with Gasteiger partial charge in [0, 0.05) is 30.8 Å². The number of methoxy groups -OCH3 is 1. The zero-order chi connectivity index (χ0) is 13.5. The quantitative estimate of drug-likeness (QED) is 0.704. The molecule has 4 heteroatoms. The minimum Gasteiger partial charge on any atom is -0.494 e. The summed E-state index contributed by atoms with van der Waals surface area (Å²) in [7, 11) is 1.73. The summed E-state index contributed by atoms with van der Waals surface area (Å²) in [5.41, 5.74) is 1.27. The van der Waals surface area contributed by atoms with Gasteiger partial charge < -0.3 is 14.8 Å². The molecule has 1 N–H and O–H groups in total. The van der Waals surface area contributed by atoms with E-state index < -0.39 is 0 Å². The molecule has 1 aromatic carbocycles. The van der Waals surface area contributed by atoms with Crippen LogP contribution in [0.1, 0.15) is 31.2 Å². The molecule has 1 saturated carbocycles. The molecule has 19 heavy (non-hydrogen) atoms. The molecule has 1 aromatic rings. The van der Waals surface area contributed by atoms with Gasteiger partial charge in [0.1, 0.15) is 5.75 Å². The van der Waals surface area contributed by atoms with Gasteiger partial charge in [0.05, 0.1) is 6.61 Å². The fourth-order valence-corrected chi connectivity index (χ4v) is 2.24. The van der Waals surface area contributed by atoms with Gasteiger partial charge in [-0.15, -0.1) is 0 Å². The van der Waals surface area contributed by atoms with Crippen molar-refractivity contribution in [1.29, 1.82) is 0 Å². The summed E-state index contributed by atoms with van der Waals surface area (Å²) < 4.78 is 11.9. The molecule has 0 aliphatic heterocycles. The van der Waals surface area contributed by atoms with Crippen molar-refractivity contribution < 1.29 is 9.47 Å². The Morgan fingerprint density at radius 1 is 1.26 bits per heavy atom. The summed E-state index contributed by atoms with van der Waals surface area (Å²) in [5, 5.41) is 3.52. The third-order valence-corrected chi connectivity index (χ3v) is 3.96. The Kier molecular flexibility index (Phi) is 6.14. The molecule has 3 nitrogen and oxygen atoms in total. The van der Waals surface area contributed by atoms with Crippen LogP contribution in [0, 0.1) is 0 Å². The Labute approximate surface area is 123 Å². The first-order valence-electron chi connectivity index (χ1n) is 6.93. The second-order valence-corrected chi connectivity index (χ2v) is 5.81. The van der Waals surface area contributed by atoms with E-state index in [4.69, 9.17) is 9.47 Å². The average Bonchev–Trinajstić information content (AvgIpc) is 3.23. The number of hydrogen-bond donors (Lipinski definition) is 1. The SMILES string of the molecule is COCCCCOc1ccc(Br)c(CNC2CC2)c1. The lowest BCUT2D eigenvalue weighted by Crippen LogP contribution is -2.15. The third kappa shape index (κ3) is 5.51. The number of nitrogens with one attached hydrogen (secondary N) is 1. The lowest BCUT2D eigenvalue weighted by Gasteiger charge is -2.10. The highest BCUT2D eigenvalue weighted by molar-refractivity contribution is 9.10. The van der Waals surface area contributed by atoms with E-state index >= 15 is 0 Å². The predicted molar refractivity (Wildman–Crippen MR) is 80.6 cm³/mol. The first-order valence-corrected chi connectivity index (χ1v) is 7.72. The van der Waals surface area contributed by atoms with E-state index in [-0.39, 0.29) is 0 Å². The molecule has 0 amide bonds. The molecule has 1 aliphatic carbocycles. The van der Waals surface area contributed by atoms with Crippen LogP contribution in [0.4, 0.5) is 0 Å². The second kappa shape index (κ2) is 7.88. The number of hydrogen-bond acceptors (Lipinski definition) is 3. The topological polar surface area (TPSA) is 30.5 Å². The van der Waals surface area contributed by atoms with Gasteiger partial charge >= 0.3 is 0 Å². The predicted octanol–water partition coefficient (Wildman–Crippen LogP) is 3.51. The molecule has 1 fully saturated rings. The number of unbranched alkanes of at least 4 members (excludes halogenated alkanes) is 1. The fraction of sp³-hybridized carbons (Fsp3) is 0.600. The Hall–Kier alpha value is -0.580. The van der Waals surface area contributed by atoms with Gasteiger partial charge in [0.25, 0.3) is 0 Å². The van der Waals surface area contributed by atoms with Crippen LogP contribution in [0.5, 0.6) is 5.75 Å². The van der Waals surface area contributed by atoms with Gasteiger partial charge in [-0.05, 0) is 49.4 Å². The van der Waals surface area contributed by atoms with E-state index in [0.717, 1.165) is 48.9 Å². The van der Waals surface area contributed by atoms with E-state index in [1.54, 1.807) is 7.11 Å². The van der Waals surface area contributed by atoms with Crippen LogP contribution >= 0.6 is 15.9 Å². The van der Waals surface area contributed by atoms with Gasteiger partial charge in [-0.2, -0.15) is 0 Å². The number of halogens is 1. The Balaban J connectivity index is 1.77. The molecule has 0 heterocycles. The van der Waals surface area contributed by atoms with Gasteiger partial charge in [0.15, 0.2) is 0 Å². The highest BCUT2D eigenvalue weighted by Gasteiger charge is 2.20. The van der Waals surface area contributed by atoms with Crippen LogP contribution in [0.2, 0.25) is 0 Å². The minimum atomic E-state index is 0.727. The van der Waals surface area contributed by atoms with E-state index in [1.807, 2.05) is 6.07 Å². The molecular weight excluding hydrogens is 306 g/mol. The first kappa shape index (κ1) is 14.8. The van der Waals surface area contributed by atoms with Gasteiger partial charge in [-0.1, -0.05) is 15.9 Å². The van der Waals surface area contributed by atoms with Crippen molar-refractivity contribution in [2.24, 2.45) is 0 Å². The molecule has 0 saturated heterocycles. The maximum atomic E-state index is 5.77. The molecule has 0 atom stereocenters. The van der Waals surface area contributed by atoms with Gasteiger partial charge in [0.2, 0.25) is 0 Å². The van der Waals surface area contributed by atoms with Crippen LogP contribution in [-0.2, 0) is 11.3 Å². The summed E-state index contributed by atoms with van der Waals surface area (Å²) in [5.74, 6) is 0.952. The average molecular weight is 328 g/mol. The van der Waals surface area contributed by atoms with Crippen molar-refractivity contribution in [3.05, 3.63) is 28.2 Å². The molecular formula is C15H22BrNO2. The molecule has 1 aliphatic rings. The normalized spacial score (nSPS) is 14.6. The van der Waals surface area contributed by atoms with Crippen molar-refractivity contribution in [1.82, 2.24) is 5.32 Å².